The van der Waals surface area contributed by atoms with E-state index in [1.54, 1.807) is 30.5 Å². The summed E-state index contributed by atoms with van der Waals surface area (Å²) in [6, 6.07) is 10.5. The number of alkyl carbamates (subject to hydrolysis) is 1. The lowest BCUT2D eigenvalue weighted by Crippen LogP contribution is -2.33. The highest BCUT2D eigenvalue weighted by molar-refractivity contribution is 5.69. The summed E-state index contributed by atoms with van der Waals surface area (Å²) in [6.45, 7) is 5.49. The van der Waals surface area contributed by atoms with Gasteiger partial charge in [-0.1, -0.05) is 6.07 Å². The normalized spacial score (nSPS) is 10.9. The van der Waals surface area contributed by atoms with Crippen LogP contribution in [0, 0.1) is 0 Å². The number of aromatic nitrogens is 4. The van der Waals surface area contributed by atoms with Gasteiger partial charge in [-0.15, -0.1) is 0 Å². The molecule has 0 bridgehead atoms. The minimum absolute atomic E-state index is 0.324. The van der Waals surface area contributed by atoms with Crippen molar-refractivity contribution in [2.45, 2.75) is 39.2 Å². The van der Waals surface area contributed by atoms with Gasteiger partial charge in [0.05, 0.1) is 0 Å². The van der Waals surface area contributed by atoms with Gasteiger partial charge in [0.25, 0.3) is 0 Å². The predicted octanol–water partition coefficient (Wildman–Crippen LogP) is 3.60. The number of carboxylic acid groups (broad SMARTS) is 1. The molecule has 0 saturated heterocycles. The Morgan fingerprint density at radius 1 is 1.09 bits per heavy atom. The summed E-state index contributed by atoms with van der Waals surface area (Å²) in [5.74, 6) is 0.148. The number of benzene rings is 1. The highest BCUT2D eigenvalue weighted by Crippen LogP contribution is 2.21. The Hall–Kier alpha value is -4.28. The van der Waals surface area contributed by atoms with Gasteiger partial charge in [0, 0.05) is 35.8 Å². The van der Waals surface area contributed by atoms with Crippen LogP contribution in [0.5, 0.6) is 5.75 Å². The maximum atomic E-state index is 11.7. The maximum absolute atomic E-state index is 11.7. The second-order valence-corrected chi connectivity index (χ2v) is 8.54. The van der Waals surface area contributed by atoms with Gasteiger partial charge in [-0.05, 0) is 57.9 Å². The van der Waals surface area contributed by atoms with E-state index in [2.05, 4.69) is 30.6 Å². The molecule has 11 heteroatoms. The molecule has 0 atom stereocenters. The quantitative estimate of drug-likeness (QED) is 0.367. The summed E-state index contributed by atoms with van der Waals surface area (Å²) in [5.41, 5.74) is 1.72. The number of ether oxygens (including phenoxy) is 2. The van der Waals surface area contributed by atoms with Crippen LogP contribution in [-0.2, 0) is 16.0 Å². The lowest BCUT2D eigenvalue weighted by atomic mass is 10.1. The van der Waals surface area contributed by atoms with Crippen molar-refractivity contribution in [2.24, 2.45) is 0 Å². The molecule has 0 spiro atoms. The molecule has 3 rings (SSSR count). The molecule has 3 N–H and O–H groups in total. The number of carbonyl (C=O) groups excluding carboxylic acids is 1. The van der Waals surface area contributed by atoms with Crippen molar-refractivity contribution in [3.8, 4) is 17.1 Å². The zero-order chi connectivity index (χ0) is 25.3. The van der Waals surface area contributed by atoms with Crippen molar-refractivity contribution in [1.82, 2.24) is 25.3 Å². The van der Waals surface area contributed by atoms with Crippen LogP contribution < -0.4 is 15.4 Å². The number of hydrogen-bond acceptors (Lipinski definition) is 9. The molecule has 2 heterocycles. The monoisotopic (exact) mass is 480 g/mol. The molecule has 1 aromatic carbocycles. The van der Waals surface area contributed by atoms with Crippen molar-refractivity contribution in [1.29, 1.82) is 0 Å². The van der Waals surface area contributed by atoms with Crippen LogP contribution in [0.2, 0.25) is 0 Å². The Labute approximate surface area is 203 Å². The SMILES string of the molecule is CC(C)(C)OC(=O)NCCCc1cc(-c2ncnc(Nc3cccc(OCC(=O)O)c3)n2)ccn1. The Kier molecular flexibility index (Phi) is 8.49. The van der Waals surface area contributed by atoms with Crippen LogP contribution in [-0.4, -0.2) is 55.9 Å². The number of pyridine rings is 1. The zero-order valence-corrected chi connectivity index (χ0v) is 19.8. The smallest absolute Gasteiger partial charge is 0.407 e. The van der Waals surface area contributed by atoms with Gasteiger partial charge in [-0.2, -0.15) is 4.98 Å². The molecule has 0 aliphatic heterocycles. The predicted molar refractivity (Wildman–Crippen MR) is 128 cm³/mol. The number of rotatable bonds is 10. The first-order valence-electron chi connectivity index (χ1n) is 11.0. The molecular formula is C24H28N6O5. The van der Waals surface area contributed by atoms with Gasteiger partial charge >= 0.3 is 12.1 Å². The van der Waals surface area contributed by atoms with E-state index in [-0.39, 0.29) is 0 Å². The first-order chi connectivity index (χ1) is 16.7. The first-order valence-corrected chi connectivity index (χ1v) is 11.0. The second-order valence-electron chi connectivity index (χ2n) is 8.54. The third-order valence-electron chi connectivity index (χ3n) is 4.38. The van der Waals surface area contributed by atoms with E-state index in [9.17, 15) is 9.59 Å². The van der Waals surface area contributed by atoms with E-state index in [4.69, 9.17) is 14.6 Å². The number of amides is 1. The molecule has 0 radical (unpaired) electrons. The topological polar surface area (TPSA) is 148 Å². The second kappa shape index (κ2) is 11.7. The van der Waals surface area contributed by atoms with Gasteiger partial charge < -0.3 is 25.2 Å². The van der Waals surface area contributed by atoms with E-state index in [1.165, 1.54) is 6.33 Å². The minimum Gasteiger partial charge on any atom is -0.482 e. The number of nitrogens with zero attached hydrogens (tertiary/aromatic N) is 4. The number of carbonyl (C=O) groups is 2. The molecule has 184 valence electrons. The summed E-state index contributed by atoms with van der Waals surface area (Å²) >= 11 is 0. The maximum Gasteiger partial charge on any atom is 0.407 e. The number of carboxylic acids is 1. The average molecular weight is 481 g/mol. The summed E-state index contributed by atoms with van der Waals surface area (Å²) in [6.07, 6.45) is 4.00. The molecule has 11 nitrogen and oxygen atoms in total. The third kappa shape index (κ3) is 8.88. The Morgan fingerprint density at radius 3 is 2.69 bits per heavy atom. The Bertz CT molecular complexity index is 1160. The first kappa shape index (κ1) is 25.3. The van der Waals surface area contributed by atoms with Crippen molar-refractivity contribution in [3.63, 3.8) is 0 Å². The molecule has 35 heavy (non-hydrogen) atoms. The molecule has 0 saturated carbocycles. The molecule has 0 aliphatic carbocycles. The number of hydrogen-bond donors (Lipinski definition) is 3. The summed E-state index contributed by atoms with van der Waals surface area (Å²) in [5, 5.41) is 14.6. The van der Waals surface area contributed by atoms with Gasteiger partial charge in [0.1, 0.15) is 17.7 Å². The molecular weight excluding hydrogens is 452 g/mol. The van der Waals surface area contributed by atoms with Crippen LogP contribution in [0.1, 0.15) is 32.9 Å². The lowest BCUT2D eigenvalue weighted by molar-refractivity contribution is -0.139. The third-order valence-corrected chi connectivity index (χ3v) is 4.38. The van der Waals surface area contributed by atoms with Crippen LogP contribution in [0.15, 0.2) is 48.9 Å². The zero-order valence-electron chi connectivity index (χ0n) is 19.8. The van der Waals surface area contributed by atoms with E-state index >= 15 is 0 Å². The van der Waals surface area contributed by atoms with Crippen LogP contribution >= 0.6 is 0 Å². The summed E-state index contributed by atoms with van der Waals surface area (Å²) in [4.78, 5) is 39.7. The van der Waals surface area contributed by atoms with E-state index < -0.39 is 24.3 Å². The van der Waals surface area contributed by atoms with Crippen LogP contribution in [0.25, 0.3) is 11.4 Å². The number of aliphatic carboxylic acids is 1. The van der Waals surface area contributed by atoms with Crippen molar-refractivity contribution in [3.05, 3.63) is 54.6 Å². The van der Waals surface area contributed by atoms with E-state index in [1.807, 2.05) is 32.9 Å². The fourth-order valence-electron chi connectivity index (χ4n) is 2.96. The average Bonchev–Trinajstić information content (AvgIpc) is 2.80. The van der Waals surface area contributed by atoms with Crippen LogP contribution in [0.4, 0.5) is 16.4 Å². The van der Waals surface area contributed by atoms with Crippen LogP contribution in [0.3, 0.4) is 0 Å². The fourth-order valence-corrected chi connectivity index (χ4v) is 2.96. The van der Waals surface area contributed by atoms with Gasteiger partial charge in [0.15, 0.2) is 12.4 Å². The minimum atomic E-state index is -1.05. The Balaban J connectivity index is 1.59. The highest BCUT2D eigenvalue weighted by atomic mass is 16.6. The summed E-state index contributed by atoms with van der Waals surface area (Å²) in [7, 11) is 0. The van der Waals surface area contributed by atoms with E-state index in [0.29, 0.717) is 42.6 Å². The number of anilines is 2. The molecule has 2 aromatic heterocycles. The van der Waals surface area contributed by atoms with Crippen molar-refractivity contribution in [2.75, 3.05) is 18.5 Å². The Morgan fingerprint density at radius 2 is 1.91 bits per heavy atom. The summed E-state index contributed by atoms with van der Waals surface area (Å²) < 4.78 is 10.4. The van der Waals surface area contributed by atoms with Crippen molar-refractivity contribution < 1.29 is 24.2 Å². The molecule has 0 fully saturated rings. The number of aryl methyl sites for hydroxylation is 1. The molecule has 3 aromatic rings. The van der Waals surface area contributed by atoms with Gasteiger partial charge in [-0.3, -0.25) is 4.98 Å². The highest BCUT2D eigenvalue weighted by Gasteiger charge is 2.15. The van der Waals surface area contributed by atoms with E-state index in [0.717, 1.165) is 11.3 Å². The largest absolute Gasteiger partial charge is 0.482 e. The molecule has 0 unspecified atom stereocenters. The molecule has 0 aliphatic rings. The van der Waals surface area contributed by atoms with Gasteiger partial charge in [0.2, 0.25) is 5.95 Å². The van der Waals surface area contributed by atoms with Crippen molar-refractivity contribution >= 4 is 23.7 Å². The fraction of sp³-hybridized carbons (Fsp3) is 0.333. The lowest BCUT2D eigenvalue weighted by Gasteiger charge is -2.19. The molecule has 1 amide bonds. The standard InChI is InChI=1S/C24H28N6O5/c1-24(2,3)35-23(33)26-10-5-7-17-12-16(9-11-25-17)21-27-15-28-22(30-21)29-18-6-4-8-19(13-18)34-14-20(31)32/h4,6,8-9,11-13,15H,5,7,10,14H2,1-3H3,(H,26,33)(H,31,32)(H,27,28,29,30). The van der Waals surface area contributed by atoms with Gasteiger partial charge in [-0.25, -0.2) is 19.6 Å². The number of nitrogens with one attached hydrogen (secondary N) is 2.